The van der Waals surface area contributed by atoms with Crippen molar-refractivity contribution in [3.05, 3.63) is 59.3 Å². The first-order chi connectivity index (χ1) is 21.7. The molecule has 1 aromatic carbocycles. The molecule has 2 aromatic heterocycles. The van der Waals surface area contributed by atoms with Crippen LogP contribution in [-0.4, -0.2) is 94.1 Å². The highest BCUT2D eigenvalue weighted by molar-refractivity contribution is 5.89. The zero-order valence-electron chi connectivity index (χ0n) is 27.3. The van der Waals surface area contributed by atoms with Crippen LogP contribution in [0, 0.1) is 5.92 Å². The number of nitrogens with zero attached hydrogens (tertiary/aromatic N) is 6. The van der Waals surface area contributed by atoms with Crippen LogP contribution < -0.4 is 10.6 Å². The molecule has 11 heteroatoms. The molecular weight excluding hydrogens is 568 g/mol. The lowest BCUT2D eigenvalue weighted by atomic mass is 9.89. The SMILES string of the molecule is CC(C)c1cnn2c(NC(C)c3cccc(CC(=O)C4CCCN(C(=O)/C=C/CN(C)C)C4)c3)nc(NC3CCOCC3)nc12. The van der Waals surface area contributed by atoms with Crippen LogP contribution in [0.2, 0.25) is 0 Å². The smallest absolute Gasteiger partial charge is 0.246 e. The minimum absolute atomic E-state index is 0.0149. The Morgan fingerprint density at radius 1 is 1.13 bits per heavy atom. The fraction of sp³-hybridized carbons (Fsp3) is 0.559. The van der Waals surface area contributed by atoms with Gasteiger partial charge in [-0.15, -0.1) is 0 Å². The second kappa shape index (κ2) is 15.0. The summed E-state index contributed by atoms with van der Waals surface area (Å²) in [5, 5.41) is 11.7. The van der Waals surface area contributed by atoms with Gasteiger partial charge in [-0.05, 0) is 63.7 Å². The van der Waals surface area contributed by atoms with Gasteiger partial charge < -0.3 is 25.2 Å². The molecule has 1 amide bonds. The summed E-state index contributed by atoms with van der Waals surface area (Å²) in [4.78, 5) is 39.6. The Morgan fingerprint density at radius 3 is 2.69 bits per heavy atom. The van der Waals surface area contributed by atoms with E-state index in [4.69, 9.17) is 14.7 Å². The van der Waals surface area contributed by atoms with Crippen LogP contribution in [0.3, 0.4) is 0 Å². The third kappa shape index (κ3) is 8.46. The number of ether oxygens (including phenoxy) is 1. The molecule has 45 heavy (non-hydrogen) atoms. The number of nitrogens with one attached hydrogen (secondary N) is 2. The van der Waals surface area contributed by atoms with Crippen LogP contribution in [0.25, 0.3) is 5.65 Å². The number of piperidine rings is 1. The molecule has 0 aliphatic carbocycles. The predicted molar refractivity (Wildman–Crippen MR) is 177 cm³/mol. The highest BCUT2D eigenvalue weighted by Gasteiger charge is 2.28. The Balaban J connectivity index is 1.27. The van der Waals surface area contributed by atoms with E-state index in [9.17, 15) is 9.59 Å². The Hall–Kier alpha value is -3.83. The Kier molecular flexibility index (Phi) is 10.8. The quantitative estimate of drug-likeness (QED) is 0.284. The summed E-state index contributed by atoms with van der Waals surface area (Å²) in [6.07, 6.45) is 9.21. The number of amides is 1. The highest BCUT2D eigenvalue weighted by atomic mass is 16.5. The van der Waals surface area contributed by atoms with Gasteiger partial charge in [0.1, 0.15) is 5.78 Å². The van der Waals surface area contributed by atoms with Crippen LogP contribution in [0.4, 0.5) is 11.9 Å². The molecule has 2 atom stereocenters. The van der Waals surface area contributed by atoms with Crippen LogP contribution in [0.15, 0.2) is 42.6 Å². The summed E-state index contributed by atoms with van der Waals surface area (Å²) in [5.74, 6) is 1.48. The number of hydrogen-bond donors (Lipinski definition) is 2. The lowest BCUT2D eigenvalue weighted by molar-refractivity contribution is -0.131. The number of ketones is 1. The van der Waals surface area contributed by atoms with Gasteiger partial charge in [-0.2, -0.15) is 19.6 Å². The average Bonchev–Trinajstić information content (AvgIpc) is 3.46. The number of likely N-dealkylation sites (N-methyl/N-ethyl adjacent to an activating group) is 1. The molecule has 2 aliphatic heterocycles. The lowest BCUT2D eigenvalue weighted by Gasteiger charge is -2.31. The Labute approximate surface area is 266 Å². The topological polar surface area (TPSA) is 117 Å². The fourth-order valence-corrected chi connectivity index (χ4v) is 5.99. The predicted octanol–water partition coefficient (Wildman–Crippen LogP) is 4.48. The zero-order chi connectivity index (χ0) is 31.9. The summed E-state index contributed by atoms with van der Waals surface area (Å²) >= 11 is 0. The first kappa shape index (κ1) is 32.6. The summed E-state index contributed by atoms with van der Waals surface area (Å²) in [6.45, 7) is 9.72. The van der Waals surface area contributed by atoms with Gasteiger partial charge in [0.25, 0.3) is 0 Å². The molecule has 242 valence electrons. The van der Waals surface area contributed by atoms with Crippen LogP contribution in [-0.2, 0) is 20.7 Å². The van der Waals surface area contributed by atoms with Crippen molar-refractivity contribution in [2.24, 2.45) is 5.92 Å². The van der Waals surface area contributed by atoms with Gasteiger partial charge in [-0.25, -0.2) is 0 Å². The largest absolute Gasteiger partial charge is 0.381 e. The number of Topliss-reactive ketones (excluding diaryl/α,β-unsaturated/α-hetero) is 1. The maximum absolute atomic E-state index is 13.4. The summed E-state index contributed by atoms with van der Waals surface area (Å²) in [5.41, 5.74) is 3.87. The second-order valence-electron chi connectivity index (χ2n) is 12.9. The molecule has 2 saturated heterocycles. The van der Waals surface area contributed by atoms with E-state index in [2.05, 4.69) is 48.6 Å². The maximum atomic E-state index is 13.4. The third-order valence-electron chi connectivity index (χ3n) is 8.67. The number of aromatic nitrogens is 4. The lowest BCUT2D eigenvalue weighted by Crippen LogP contribution is -2.42. The molecule has 0 bridgehead atoms. The number of carbonyl (C=O) groups is 2. The van der Waals surface area contributed by atoms with Crippen LogP contribution in [0.5, 0.6) is 0 Å². The van der Waals surface area contributed by atoms with Crippen molar-refractivity contribution in [3.8, 4) is 0 Å². The highest BCUT2D eigenvalue weighted by Crippen LogP contribution is 2.26. The van der Waals surface area contributed by atoms with Crippen molar-refractivity contribution in [1.82, 2.24) is 29.4 Å². The van der Waals surface area contributed by atoms with E-state index in [-0.39, 0.29) is 35.6 Å². The molecule has 2 unspecified atom stereocenters. The first-order valence-corrected chi connectivity index (χ1v) is 16.3. The van der Waals surface area contributed by atoms with E-state index in [1.165, 1.54) is 0 Å². The van der Waals surface area contributed by atoms with Gasteiger partial charge in [-0.3, -0.25) is 9.59 Å². The van der Waals surface area contributed by atoms with Crippen LogP contribution in [0.1, 0.15) is 75.1 Å². The van der Waals surface area contributed by atoms with E-state index in [1.54, 1.807) is 10.6 Å². The van der Waals surface area contributed by atoms with Gasteiger partial charge in [-0.1, -0.05) is 44.2 Å². The number of fused-ring (bicyclic) bond motifs is 1. The molecular formula is C34H48N8O3. The molecule has 2 N–H and O–H groups in total. The summed E-state index contributed by atoms with van der Waals surface area (Å²) < 4.78 is 7.30. The van der Waals surface area contributed by atoms with Crippen molar-refractivity contribution < 1.29 is 14.3 Å². The molecule has 0 spiro atoms. The van der Waals surface area contributed by atoms with E-state index in [0.29, 0.717) is 38.0 Å². The average molecular weight is 617 g/mol. The van der Waals surface area contributed by atoms with E-state index in [1.807, 2.05) is 48.3 Å². The van der Waals surface area contributed by atoms with Crippen molar-refractivity contribution in [1.29, 1.82) is 0 Å². The van der Waals surface area contributed by atoms with E-state index in [0.717, 1.165) is 61.2 Å². The third-order valence-corrected chi connectivity index (χ3v) is 8.67. The van der Waals surface area contributed by atoms with Gasteiger partial charge in [0.15, 0.2) is 5.65 Å². The van der Waals surface area contributed by atoms with Crippen molar-refractivity contribution in [3.63, 3.8) is 0 Å². The van der Waals surface area contributed by atoms with Gasteiger partial charge >= 0.3 is 0 Å². The van der Waals surface area contributed by atoms with Crippen molar-refractivity contribution >= 4 is 29.2 Å². The normalized spacial score (nSPS) is 18.6. The Morgan fingerprint density at radius 2 is 1.93 bits per heavy atom. The molecule has 0 radical (unpaired) electrons. The first-order valence-electron chi connectivity index (χ1n) is 16.3. The number of likely N-dealkylation sites (tertiary alicyclic amines) is 1. The van der Waals surface area contributed by atoms with E-state index < -0.39 is 0 Å². The molecule has 3 aromatic rings. The number of rotatable bonds is 12. The number of anilines is 2. The second-order valence-corrected chi connectivity index (χ2v) is 12.9. The summed E-state index contributed by atoms with van der Waals surface area (Å²) in [7, 11) is 3.94. The molecule has 0 saturated carbocycles. The molecule has 2 fully saturated rings. The van der Waals surface area contributed by atoms with Crippen molar-refractivity contribution in [2.75, 3.05) is 57.6 Å². The fourth-order valence-electron chi connectivity index (χ4n) is 5.99. The summed E-state index contributed by atoms with van der Waals surface area (Å²) in [6, 6.07) is 8.33. The van der Waals surface area contributed by atoms with Gasteiger partial charge in [0, 0.05) is 62.9 Å². The number of hydrogen-bond acceptors (Lipinski definition) is 9. The molecule has 4 heterocycles. The Bertz CT molecular complexity index is 1490. The minimum Gasteiger partial charge on any atom is -0.381 e. The zero-order valence-corrected chi connectivity index (χ0v) is 27.3. The number of benzene rings is 1. The van der Waals surface area contributed by atoms with E-state index >= 15 is 0 Å². The van der Waals surface area contributed by atoms with Crippen molar-refractivity contribution in [2.45, 2.75) is 70.9 Å². The van der Waals surface area contributed by atoms with Gasteiger partial charge in [0.2, 0.25) is 17.8 Å². The number of carbonyl (C=O) groups excluding carboxylic acids is 2. The van der Waals surface area contributed by atoms with Gasteiger partial charge in [0.05, 0.1) is 12.2 Å². The molecule has 2 aliphatic rings. The monoisotopic (exact) mass is 616 g/mol. The standard InChI is InChI=1S/C34H48N8O3/c1-23(2)29-21-35-42-32(29)38-33(37-28-13-17-45-18-14-28)39-34(42)36-24(3)26-10-6-9-25(19-26)20-30(43)27-11-7-16-41(22-27)31(44)12-8-15-40(4)5/h6,8-10,12,19,21,23-24,27-28H,7,11,13-18,20,22H2,1-5H3,(H2,36,37,38,39)/b12-8+. The molecule has 11 nitrogen and oxygen atoms in total. The van der Waals surface area contributed by atoms with Crippen LogP contribution >= 0.6 is 0 Å². The molecule has 5 rings (SSSR count). The maximum Gasteiger partial charge on any atom is 0.246 e. The minimum atomic E-state index is -0.143.